The summed E-state index contributed by atoms with van der Waals surface area (Å²) in [4.78, 5) is 39.4. The van der Waals surface area contributed by atoms with Crippen molar-refractivity contribution in [2.75, 3.05) is 52.9 Å². The fourth-order valence-electron chi connectivity index (χ4n) is 9.16. The Kier molecular flexibility index (Phi) is 33.8. The molecule has 3 aliphatic rings. The molecule has 6 heterocycles. The minimum atomic E-state index is -0.593. The molecule has 93 heavy (non-hydrogen) atoms. The van der Waals surface area contributed by atoms with E-state index in [1.165, 1.54) is 11.1 Å². The molecule has 7 unspecified atom stereocenters. The number of phenolic OH excluding ortho intramolecular Hbond substituents is 1. The van der Waals surface area contributed by atoms with Gasteiger partial charge in [0.25, 0.3) is 0 Å². The molecule has 17 heteroatoms. The van der Waals surface area contributed by atoms with Gasteiger partial charge in [0, 0.05) is 38.0 Å². The average molecular weight is 1340 g/mol. The molecule has 0 spiro atoms. The lowest BCUT2D eigenvalue weighted by Gasteiger charge is -2.31. The van der Waals surface area contributed by atoms with E-state index < -0.39 is 27.6 Å². The van der Waals surface area contributed by atoms with Crippen LogP contribution in [-0.2, 0) is 69.1 Å². The van der Waals surface area contributed by atoms with Crippen molar-refractivity contribution in [2.45, 2.75) is 190 Å². The van der Waals surface area contributed by atoms with Crippen molar-refractivity contribution < 1.29 is 66.9 Å². The van der Waals surface area contributed by atoms with Crippen LogP contribution in [-0.4, -0.2) is 88.4 Å². The second-order valence-electron chi connectivity index (χ2n) is 24.6. The molecule has 1 N–H and O–H groups in total. The van der Waals surface area contributed by atoms with E-state index in [1.54, 1.807) is 59.1 Å². The summed E-state index contributed by atoms with van der Waals surface area (Å²) in [5, 5.41) is 15.0. The molecule has 3 aliphatic heterocycles. The molecule has 0 aliphatic carbocycles. The Balaban J connectivity index is 0.000000239. The summed E-state index contributed by atoms with van der Waals surface area (Å²) in [7, 11) is 0. The Hall–Kier alpha value is -6.15. The summed E-state index contributed by atoms with van der Waals surface area (Å²) in [5.74, 6) is 2.61. The first kappa shape index (κ1) is 79.3. The van der Waals surface area contributed by atoms with E-state index in [4.69, 9.17) is 52.5 Å². The van der Waals surface area contributed by atoms with Gasteiger partial charge in [-0.2, -0.15) is 0 Å². The van der Waals surface area contributed by atoms with E-state index in [1.807, 2.05) is 170 Å². The van der Waals surface area contributed by atoms with E-state index >= 15 is 0 Å². The standard InChI is InChI=1S/2C14H20O3S.C14H22O2.C12H14O3S.C12H16O2.C10H14O/c2*1-4-13(2,3)12(15)17-14(7-8-16-10-14)11-6-5-9-18-11;1-5-11(3)13-7-9-14(10-8-13)16-12(4)15-6-2;1-9(2)11(13)15-12(5-6-14-8-12)10-4-3-7-16-10;1-4-11-6-8-12(9-7-11)14-10(3)13-5-2;1-3-8(2)9-4-6-10(11)7-5-9/h2*5-6,9H,4,7-8,10H2,1-3H3;7-12H,5-6H2,1-4H3;3-4,7H,1,5-6,8H2,2H3;4,6-10H,1,5H2,2-3H3;4-8,11H,3H2,1-2H3. The summed E-state index contributed by atoms with van der Waals surface area (Å²) in [6, 6.07) is 35.4. The van der Waals surface area contributed by atoms with E-state index in [-0.39, 0.29) is 30.5 Å². The number of hydrogen-bond acceptors (Lipinski definition) is 17. The molecule has 9 rings (SSSR count). The third-order valence-corrected chi connectivity index (χ3v) is 19.8. The minimum Gasteiger partial charge on any atom is -0.508 e. The van der Waals surface area contributed by atoms with Gasteiger partial charge in [0.15, 0.2) is 29.4 Å². The number of phenols is 1. The molecule has 7 atom stereocenters. The molecule has 512 valence electrons. The van der Waals surface area contributed by atoms with Gasteiger partial charge in [-0.3, -0.25) is 9.59 Å². The lowest BCUT2D eigenvalue weighted by molar-refractivity contribution is -0.172. The molecule has 14 nitrogen and oxygen atoms in total. The van der Waals surface area contributed by atoms with Crippen molar-refractivity contribution in [3.8, 4) is 17.2 Å². The van der Waals surface area contributed by atoms with E-state index in [2.05, 4.69) is 53.0 Å². The molecule has 6 aromatic rings. The second-order valence-corrected chi connectivity index (χ2v) is 27.4. The molecule has 3 aromatic carbocycles. The van der Waals surface area contributed by atoms with Crippen LogP contribution in [0.25, 0.3) is 6.08 Å². The molecule has 0 radical (unpaired) electrons. The van der Waals surface area contributed by atoms with E-state index in [0.29, 0.717) is 82.4 Å². The van der Waals surface area contributed by atoms with Gasteiger partial charge in [0.1, 0.15) is 17.2 Å². The first-order valence-electron chi connectivity index (χ1n) is 32.7. The van der Waals surface area contributed by atoms with Crippen molar-refractivity contribution in [2.24, 2.45) is 10.8 Å². The van der Waals surface area contributed by atoms with Crippen LogP contribution in [0.5, 0.6) is 17.2 Å². The number of thiophene rings is 3. The Morgan fingerprint density at radius 1 is 0.548 bits per heavy atom. The monoisotopic (exact) mass is 1340 g/mol. The van der Waals surface area contributed by atoms with Gasteiger partial charge in [0.2, 0.25) is 0 Å². The summed E-state index contributed by atoms with van der Waals surface area (Å²) in [6.07, 6.45) is 7.48. The third-order valence-electron chi connectivity index (χ3n) is 16.6. The number of carbonyl (C=O) groups is 3. The van der Waals surface area contributed by atoms with E-state index in [9.17, 15) is 14.4 Å². The van der Waals surface area contributed by atoms with Gasteiger partial charge in [-0.15, -0.1) is 34.0 Å². The zero-order valence-electron chi connectivity index (χ0n) is 58.0. The van der Waals surface area contributed by atoms with Crippen LogP contribution in [0.2, 0.25) is 0 Å². The fraction of sp³-hybridized carbons (Fsp3) is 0.513. The minimum absolute atomic E-state index is 0.135. The van der Waals surface area contributed by atoms with Gasteiger partial charge in [-0.05, 0) is 187 Å². The maximum absolute atomic E-state index is 12.3. The van der Waals surface area contributed by atoms with Gasteiger partial charge >= 0.3 is 17.9 Å². The Morgan fingerprint density at radius 3 is 1.17 bits per heavy atom. The maximum atomic E-state index is 12.3. The average Bonchev–Trinajstić information content (AvgIpc) is 1.71. The van der Waals surface area contributed by atoms with Crippen LogP contribution in [0.15, 0.2) is 144 Å². The topological polar surface area (TPSA) is 164 Å². The molecule has 3 aromatic heterocycles. The van der Waals surface area contributed by atoms with Gasteiger partial charge in [-0.1, -0.05) is 115 Å². The molecular formula is C76H106O14S3. The number of carbonyl (C=O) groups excluding carboxylic acids is 3. The smallest absolute Gasteiger partial charge is 0.334 e. The molecule has 3 fully saturated rings. The van der Waals surface area contributed by atoms with Crippen molar-refractivity contribution >= 4 is 58.0 Å². The van der Waals surface area contributed by atoms with Crippen LogP contribution in [0, 0.1) is 10.8 Å². The Bertz CT molecular complexity index is 2960. The molecule has 0 saturated carbocycles. The lowest BCUT2D eigenvalue weighted by atomic mass is 9.90. The SMILES string of the molecule is C=C(C)C(=O)OC1(c2cccs2)CCOC1.C=Cc1ccc(OC(C)OCC)cc1.CCC(C)(C)C(=O)OC1(c2cccs2)CCOC1.CCC(C)(C)C(=O)OC1(c2cccs2)CCOC1.CCC(C)c1ccc(O)cc1.CCOC(C)Oc1ccc(C(C)CC)cc1. The maximum Gasteiger partial charge on any atom is 0.334 e. The first-order valence-corrected chi connectivity index (χ1v) is 35.3. The van der Waals surface area contributed by atoms with Crippen molar-refractivity contribution in [3.63, 3.8) is 0 Å². The summed E-state index contributed by atoms with van der Waals surface area (Å²) in [5.41, 5.74) is 1.58. The van der Waals surface area contributed by atoms with Crippen LogP contribution in [0.1, 0.15) is 192 Å². The highest BCUT2D eigenvalue weighted by atomic mass is 32.1. The van der Waals surface area contributed by atoms with Crippen LogP contribution in [0.4, 0.5) is 0 Å². The van der Waals surface area contributed by atoms with Crippen molar-refractivity contribution in [3.05, 3.63) is 175 Å². The zero-order chi connectivity index (χ0) is 68.7. The molecule has 0 bridgehead atoms. The lowest BCUT2D eigenvalue weighted by Crippen LogP contribution is -2.37. The second kappa shape index (κ2) is 39.7. The molecule has 0 amide bonds. The normalized spacial score (nSPS) is 19.4. The number of ether oxygens (including phenoxy) is 10. The van der Waals surface area contributed by atoms with Crippen molar-refractivity contribution in [1.29, 1.82) is 0 Å². The van der Waals surface area contributed by atoms with Gasteiger partial charge in [0.05, 0.1) is 65.1 Å². The van der Waals surface area contributed by atoms with E-state index in [0.717, 1.165) is 70.2 Å². The Morgan fingerprint density at radius 2 is 0.892 bits per heavy atom. The number of benzene rings is 3. The summed E-state index contributed by atoms with van der Waals surface area (Å²) in [6.45, 7) is 41.8. The quantitative estimate of drug-likeness (QED) is 0.0263. The third kappa shape index (κ3) is 25.2. The number of rotatable bonds is 24. The predicted octanol–water partition coefficient (Wildman–Crippen LogP) is 19.1. The number of aromatic hydroxyl groups is 1. The van der Waals surface area contributed by atoms with Crippen LogP contribution in [0.3, 0.4) is 0 Å². The van der Waals surface area contributed by atoms with Crippen LogP contribution >= 0.6 is 34.0 Å². The summed E-state index contributed by atoms with van der Waals surface area (Å²) >= 11 is 4.83. The van der Waals surface area contributed by atoms with Gasteiger partial charge < -0.3 is 52.5 Å². The van der Waals surface area contributed by atoms with Crippen molar-refractivity contribution in [1.82, 2.24) is 0 Å². The molecular weight excluding hydrogens is 1230 g/mol. The van der Waals surface area contributed by atoms with Gasteiger partial charge in [-0.25, -0.2) is 4.79 Å². The van der Waals surface area contributed by atoms with Crippen LogP contribution < -0.4 is 9.47 Å². The Labute approximate surface area is 567 Å². The first-order chi connectivity index (χ1) is 44.3. The zero-order valence-corrected chi connectivity index (χ0v) is 60.5. The molecule has 3 saturated heterocycles. The highest BCUT2D eigenvalue weighted by Crippen LogP contribution is 2.42. The number of hydrogen-bond donors (Lipinski definition) is 1. The highest BCUT2D eigenvalue weighted by molar-refractivity contribution is 7.10. The summed E-state index contributed by atoms with van der Waals surface area (Å²) < 4.78 is 55.2. The highest BCUT2D eigenvalue weighted by Gasteiger charge is 2.46. The predicted molar refractivity (Wildman–Crippen MR) is 377 cm³/mol. The fourth-order valence-corrected chi connectivity index (χ4v) is 11.8. The largest absolute Gasteiger partial charge is 0.508 e. The number of esters is 3.